The van der Waals surface area contributed by atoms with Crippen molar-refractivity contribution in [3.63, 3.8) is 0 Å². The van der Waals surface area contributed by atoms with Crippen LogP contribution in [0.5, 0.6) is 5.75 Å². The van der Waals surface area contributed by atoms with E-state index in [4.69, 9.17) is 10.1 Å². The number of nitrogens with one attached hydrogen (secondary N) is 2. The van der Waals surface area contributed by atoms with E-state index in [2.05, 4.69) is 15.3 Å². The average molecular weight is 355 g/mol. The summed E-state index contributed by atoms with van der Waals surface area (Å²) in [7, 11) is 0. The van der Waals surface area contributed by atoms with Gasteiger partial charge >= 0.3 is 0 Å². The number of rotatable bonds is 6. The van der Waals surface area contributed by atoms with Gasteiger partial charge < -0.3 is 25.5 Å². The lowest BCUT2D eigenvalue weighted by Crippen LogP contribution is -2.51. The molecule has 0 unspecified atom stereocenters. The molecule has 1 aromatic carbocycles. The summed E-state index contributed by atoms with van der Waals surface area (Å²) in [4.78, 5) is 10.9. The van der Waals surface area contributed by atoms with Gasteiger partial charge in [-0.3, -0.25) is 0 Å². The fourth-order valence-electron chi connectivity index (χ4n) is 2.88. The van der Waals surface area contributed by atoms with Gasteiger partial charge in [-0.2, -0.15) is 0 Å². The molecular weight excluding hydrogens is 330 g/mol. The van der Waals surface area contributed by atoms with Crippen LogP contribution in [-0.4, -0.2) is 46.6 Å². The van der Waals surface area contributed by atoms with E-state index in [-0.39, 0.29) is 12.2 Å². The van der Waals surface area contributed by atoms with Gasteiger partial charge in [-0.05, 0) is 39.3 Å². The maximum atomic E-state index is 9.51. The first-order valence-corrected chi connectivity index (χ1v) is 8.73. The van der Waals surface area contributed by atoms with E-state index in [1.54, 1.807) is 0 Å². The van der Waals surface area contributed by atoms with Crippen molar-refractivity contribution in [1.29, 1.82) is 5.41 Å². The lowest BCUT2D eigenvalue weighted by atomic mass is 10.1. The molecule has 1 saturated heterocycles. The number of anilines is 3. The van der Waals surface area contributed by atoms with Crippen LogP contribution < -0.4 is 15.0 Å². The minimum absolute atomic E-state index is 0.0677. The fourth-order valence-corrected chi connectivity index (χ4v) is 2.88. The topological polar surface area (TPSA) is 94.4 Å². The number of ether oxygens (including phenoxy) is 1. The third-order valence-electron chi connectivity index (χ3n) is 4.14. The second-order valence-electron chi connectivity index (χ2n) is 6.86. The molecule has 0 radical (unpaired) electrons. The molecule has 3 N–H and O–H groups in total. The molecule has 0 saturated carbocycles. The Labute approximate surface area is 153 Å². The maximum Gasteiger partial charge on any atom is 0.136 e. The van der Waals surface area contributed by atoms with E-state index >= 15 is 0 Å². The molecule has 2 aromatic rings. The largest absolute Gasteiger partial charge is 0.491 e. The minimum Gasteiger partial charge on any atom is -0.491 e. The van der Waals surface area contributed by atoms with E-state index < -0.39 is 0 Å². The lowest BCUT2D eigenvalue weighted by Gasteiger charge is -2.37. The molecule has 7 nitrogen and oxygen atoms in total. The van der Waals surface area contributed by atoms with Crippen molar-refractivity contribution in [3.05, 3.63) is 35.2 Å². The molecule has 0 amide bonds. The summed E-state index contributed by atoms with van der Waals surface area (Å²) < 4.78 is 5.86. The number of aryl methyl sites for hydroxylation is 2. The first-order valence-electron chi connectivity index (χ1n) is 8.73. The van der Waals surface area contributed by atoms with Crippen LogP contribution in [0.15, 0.2) is 18.2 Å². The second-order valence-corrected chi connectivity index (χ2v) is 6.86. The molecule has 138 valence electrons. The Morgan fingerprint density at radius 2 is 2.00 bits per heavy atom. The van der Waals surface area contributed by atoms with Crippen LogP contribution in [0.2, 0.25) is 0 Å². The van der Waals surface area contributed by atoms with Crippen molar-refractivity contribution >= 4 is 23.5 Å². The van der Waals surface area contributed by atoms with Crippen LogP contribution in [0.3, 0.4) is 0 Å². The first-order chi connectivity index (χ1) is 12.4. The SMILES string of the molecule is Cc1nc(Nc2cc(OC(C)C)c(C)cc2C=N)cc(N2CC(O)C2)n1. The quantitative estimate of drug-likeness (QED) is 0.690. The summed E-state index contributed by atoms with van der Waals surface area (Å²) in [6.07, 6.45) is 1.09. The van der Waals surface area contributed by atoms with Gasteiger partial charge in [0.2, 0.25) is 0 Å². The summed E-state index contributed by atoms with van der Waals surface area (Å²) >= 11 is 0. The smallest absolute Gasteiger partial charge is 0.136 e. The molecular formula is C19H25N5O2. The summed E-state index contributed by atoms with van der Waals surface area (Å²) in [6.45, 7) is 8.94. The predicted molar refractivity (Wildman–Crippen MR) is 103 cm³/mol. The highest BCUT2D eigenvalue weighted by Crippen LogP contribution is 2.30. The lowest BCUT2D eigenvalue weighted by molar-refractivity contribution is 0.141. The maximum absolute atomic E-state index is 9.51. The molecule has 2 heterocycles. The van der Waals surface area contributed by atoms with Gasteiger partial charge in [-0.25, -0.2) is 9.97 Å². The van der Waals surface area contributed by atoms with Crippen LogP contribution in [0.1, 0.15) is 30.8 Å². The molecule has 0 spiro atoms. The zero-order chi connectivity index (χ0) is 18.8. The Balaban J connectivity index is 1.91. The minimum atomic E-state index is -0.293. The summed E-state index contributed by atoms with van der Waals surface area (Å²) in [5.41, 5.74) is 2.50. The predicted octanol–water partition coefficient (Wildman–Crippen LogP) is 2.80. The Morgan fingerprint density at radius 3 is 2.62 bits per heavy atom. The number of aliphatic hydroxyl groups is 1. The fraction of sp³-hybridized carbons (Fsp3) is 0.421. The first kappa shape index (κ1) is 18.1. The van der Waals surface area contributed by atoms with Gasteiger partial charge in [0, 0.05) is 37.0 Å². The van der Waals surface area contributed by atoms with Crippen LogP contribution in [0.25, 0.3) is 0 Å². The Bertz CT molecular complexity index is 816. The van der Waals surface area contributed by atoms with Crippen molar-refractivity contribution in [3.8, 4) is 5.75 Å². The van der Waals surface area contributed by atoms with Crippen molar-refractivity contribution in [2.24, 2.45) is 0 Å². The molecule has 0 atom stereocenters. The second kappa shape index (κ2) is 7.29. The Kier molecular flexibility index (Phi) is 5.08. The zero-order valence-electron chi connectivity index (χ0n) is 15.6. The number of hydrogen-bond acceptors (Lipinski definition) is 7. The zero-order valence-corrected chi connectivity index (χ0v) is 15.6. The molecule has 1 fully saturated rings. The highest BCUT2D eigenvalue weighted by molar-refractivity contribution is 5.88. The van der Waals surface area contributed by atoms with E-state index in [9.17, 15) is 5.11 Å². The van der Waals surface area contributed by atoms with Gasteiger partial charge in [0.1, 0.15) is 23.2 Å². The van der Waals surface area contributed by atoms with Crippen molar-refractivity contribution in [1.82, 2.24) is 9.97 Å². The van der Waals surface area contributed by atoms with Gasteiger partial charge in [-0.1, -0.05) is 0 Å². The van der Waals surface area contributed by atoms with Gasteiger partial charge in [0.25, 0.3) is 0 Å². The average Bonchev–Trinajstić information content (AvgIpc) is 2.53. The number of aromatic nitrogens is 2. The van der Waals surface area contributed by atoms with Crippen LogP contribution in [-0.2, 0) is 0 Å². The molecule has 1 aromatic heterocycles. The number of aliphatic hydroxyl groups excluding tert-OH is 1. The number of benzene rings is 1. The standard InChI is InChI=1S/C19H25N5O2/c1-11(2)26-17-6-16(14(8-20)5-12(17)3)23-18-7-19(22-13(4)21-18)24-9-15(25)10-24/h5-8,11,15,20,25H,9-10H2,1-4H3,(H,21,22,23). The highest BCUT2D eigenvalue weighted by Gasteiger charge is 2.26. The van der Waals surface area contributed by atoms with Crippen LogP contribution >= 0.6 is 0 Å². The molecule has 1 aliphatic heterocycles. The van der Waals surface area contributed by atoms with Crippen molar-refractivity contribution in [2.75, 3.05) is 23.3 Å². The molecule has 7 heteroatoms. The van der Waals surface area contributed by atoms with Gasteiger partial charge in [0.15, 0.2) is 0 Å². The van der Waals surface area contributed by atoms with Crippen molar-refractivity contribution in [2.45, 2.75) is 39.9 Å². The molecule has 26 heavy (non-hydrogen) atoms. The number of β-amino-alcohol motifs (C(OH)–C–C–N with tert-alkyl or cyclic N) is 1. The van der Waals surface area contributed by atoms with Crippen LogP contribution in [0.4, 0.5) is 17.3 Å². The van der Waals surface area contributed by atoms with Gasteiger partial charge in [0.05, 0.1) is 17.9 Å². The molecule has 0 aliphatic carbocycles. The molecule has 1 aliphatic rings. The summed E-state index contributed by atoms with van der Waals surface area (Å²) in [5, 5.41) is 20.5. The third-order valence-corrected chi connectivity index (χ3v) is 4.14. The normalized spacial score (nSPS) is 14.3. The van der Waals surface area contributed by atoms with E-state index in [1.165, 1.54) is 6.21 Å². The van der Waals surface area contributed by atoms with Crippen LogP contribution in [0, 0.1) is 19.3 Å². The monoisotopic (exact) mass is 355 g/mol. The van der Waals surface area contributed by atoms with Crippen molar-refractivity contribution < 1.29 is 9.84 Å². The van der Waals surface area contributed by atoms with Gasteiger partial charge in [-0.15, -0.1) is 0 Å². The highest BCUT2D eigenvalue weighted by atomic mass is 16.5. The Morgan fingerprint density at radius 1 is 1.27 bits per heavy atom. The van der Waals surface area contributed by atoms with E-state index in [1.807, 2.05) is 50.8 Å². The van der Waals surface area contributed by atoms with E-state index in [0.29, 0.717) is 24.7 Å². The summed E-state index contributed by atoms with van der Waals surface area (Å²) in [6, 6.07) is 5.68. The Hall–Kier alpha value is -2.67. The number of nitrogens with zero attached hydrogens (tertiary/aromatic N) is 3. The molecule has 3 rings (SSSR count). The number of hydrogen-bond donors (Lipinski definition) is 3. The summed E-state index contributed by atoms with van der Waals surface area (Å²) in [5.74, 6) is 2.86. The third kappa shape index (κ3) is 3.94. The molecule has 0 bridgehead atoms. The van der Waals surface area contributed by atoms with E-state index in [0.717, 1.165) is 28.4 Å².